The van der Waals surface area contributed by atoms with Gasteiger partial charge in [0.1, 0.15) is 6.04 Å². The summed E-state index contributed by atoms with van der Waals surface area (Å²) >= 11 is 0. The summed E-state index contributed by atoms with van der Waals surface area (Å²) in [6.07, 6.45) is 5.09. The molecule has 0 spiro atoms. The summed E-state index contributed by atoms with van der Waals surface area (Å²) in [5, 5.41) is 9.79. The molecule has 9 heteroatoms. The van der Waals surface area contributed by atoms with Crippen molar-refractivity contribution in [2.24, 2.45) is 17.8 Å². The van der Waals surface area contributed by atoms with Crippen LogP contribution < -0.4 is 0 Å². The van der Waals surface area contributed by atoms with Crippen LogP contribution >= 0.6 is 0 Å². The molecule has 0 aromatic carbocycles. The van der Waals surface area contributed by atoms with Gasteiger partial charge in [-0.1, -0.05) is 6.92 Å². The first-order chi connectivity index (χ1) is 14.8. The van der Waals surface area contributed by atoms with E-state index in [1.165, 1.54) is 12.0 Å². The summed E-state index contributed by atoms with van der Waals surface area (Å²) in [5.41, 5.74) is 1.13. The van der Waals surface area contributed by atoms with Gasteiger partial charge in [-0.3, -0.25) is 4.90 Å². The zero-order valence-corrected chi connectivity index (χ0v) is 18.7. The molecular formula is C22H33N3O6. The lowest BCUT2D eigenvalue weighted by molar-refractivity contribution is -0.149. The number of esters is 1. The SMILES string of the molecule is CCOC(=O)c1ncn(C[C@H]2CC[C@H]3C(CC)N(C(=O)OC)[C@H](C(=O)O)C[C@H]3C2)c1C. The normalized spacial score (nSPS) is 28.0. The fourth-order valence-corrected chi connectivity index (χ4v) is 5.56. The zero-order valence-electron chi connectivity index (χ0n) is 18.7. The van der Waals surface area contributed by atoms with E-state index in [0.29, 0.717) is 31.1 Å². The Kier molecular flexibility index (Phi) is 7.23. The first-order valence-corrected chi connectivity index (χ1v) is 11.1. The quantitative estimate of drug-likeness (QED) is 0.684. The number of carboxylic acids is 1. The third-order valence-corrected chi connectivity index (χ3v) is 6.98. The lowest BCUT2D eigenvalue weighted by atomic mass is 9.65. The third kappa shape index (κ3) is 4.55. The smallest absolute Gasteiger partial charge is 0.410 e. The van der Waals surface area contributed by atoms with E-state index in [1.54, 1.807) is 13.3 Å². The largest absolute Gasteiger partial charge is 0.480 e. The number of aliphatic carboxylic acids is 1. The molecule has 1 saturated carbocycles. The Morgan fingerprint density at radius 2 is 1.97 bits per heavy atom. The second-order valence-electron chi connectivity index (χ2n) is 8.60. The molecule has 2 aliphatic rings. The zero-order chi connectivity index (χ0) is 22.7. The molecule has 5 atom stereocenters. The number of carbonyl (C=O) groups excluding carboxylic acids is 2. The Morgan fingerprint density at radius 3 is 2.58 bits per heavy atom. The molecule has 1 saturated heterocycles. The second kappa shape index (κ2) is 9.70. The summed E-state index contributed by atoms with van der Waals surface area (Å²) < 4.78 is 12.0. The van der Waals surface area contributed by atoms with Crippen molar-refractivity contribution >= 4 is 18.0 Å². The molecule has 0 bridgehead atoms. The number of carbonyl (C=O) groups is 3. The standard InChI is InChI=1S/C22H33N3O6/c1-5-17-16-8-7-14(11-24-12-23-19(13(24)3)21(28)31-6-2)9-15(16)10-18(20(26)27)25(17)22(29)30-4/h12,14-18H,5-11H2,1-4H3,(H,26,27)/t14-,15+,16+,17?,18-/m0/s1. The Labute approximate surface area is 182 Å². The van der Waals surface area contributed by atoms with Gasteiger partial charge in [-0.25, -0.2) is 19.4 Å². The number of aromatic nitrogens is 2. The van der Waals surface area contributed by atoms with E-state index in [2.05, 4.69) is 4.98 Å². The molecule has 1 aliphatic heterocycles. The molecule has 1 aromatic rings. The summed E-state index contributed by atoms with van der Waals surface area (Å²) in [5.74, 6) is -0.517. The highest BCUT2D eigenvalue weighted by Gasteiger charge is 2.49. The topological polar surface area (TPSA) is 111 Å². The number of methoxy groups -OCH3 is 1. The fourth-order valence-electron chi connectivity index (χ4n) is 5.56. The molecule has 0 radical (unpaired) electrons. The molecule has 172 valence electrons. The van der Waals surface area contributed by atoms with Gasteiger partial charge < -0.3 is 19.1 Å². The summed E-state index contributed by atoms with van der Waals surface area (Å²) in [4.78, 5) is 42.0. The molecule has 1 aliphatic carbocycles. The molecular weight excluding hydrogens is 402 g/mol. The van der Waals surface area contributed by atoms with Gasteiger partial charge >= 0.3 is 18.0 Å². The molecule has 3 rings (SSSR count). The number of hydrogen-bond donors (Lipinski definition) is 1. The highest BCUT2D eigenvalue weighted by Crippen LogP contribution is 2.45. The van der Waals surface area contributed by atoms with E-state index in [-0.39, 0.29) is 17.9 Å². The number of hydrogen-bond acceptors (Lipinski definition) is 6. The van der Waals surface area contributed by atoms with Crippen LogP contribution in [0.15, 0.2) is 6.33 Å². The summed E-state index contributed by atoms with van der Waals surface area (Å²) in [6.45, 7) is 6.68. The number of amides is 1. The maximum Gasteiger partial charge on any atom is 0.410 e. The van der Waals surface area contributed by atoms with Crippen molar-refractivity contribution in [2.75, 3.05) is 13.7 Å². The fraction of sp³-hybridized carbons (Fsp3) is 0.727. The number of imidazole rings is 1. The van der Waals surface area contributed by atoms with E-state index in [9.17, 15) is 19.5 Å². The predicted molar refractivity (Wildman–Crippen MR) is 112 cm³/mol. The van der Waals surface area contributed by atoms with Crippen LogP contribution in [0.1, 0.15) is 62.1 Å². The van der Waals surface area contributed by atoms with Crippen LogP contribution in [-0.2, 0) is 20.8 Å². The van der Waals surface area contributed by atoms with Crippen molar-refractivity contribution in [1.82, 2.24) is 14.5 Å². The first-order valence-electron chi connectivity index (χ1n) is 11.1. The van der Waals surface area contributed by atoms with E-state index in [0.717, 1.165) is 31.5 Å². The summed E-state index contributed by atoms with van der Waals surface area (Å²) in [7, 11) is 1.30. The van der Waals surface area contributed by atoms with Gasteiger partial charge in [0.25, 0.3) is 0 Å². The molecule has 1 unspecified atom stereocenters. The van der Waals surface area contributed by atoms with Crippen LogP contribution in [0.5, 0.6) is 0 Å². The summed E-state index contributed by atoms with van der Waals surface area (Å²) in [6, 6.07) is -0.985. The van der Waals surface area contributed by atoms with Gasteiger partial charge in [0.2, 0.25) is 0 Å². The van der Waals surface area contributed by atoms with Crippen LogP contribution in [-0.4, -0.2) is 63.4 Å². The molecule has 9 nitrogen and oxygen atoms in total. The van der Waals surface area contributed by atoms with E-state index in [1.807, 2.05) is 18.4 Å². The molecule has 2 fully saturated rings. The Balaban J connectivity index is 1.74. The maximum atomic E-state index is 12.4. The minimum atomic E-state index is -0.978. The van der Waals surface area contributed by atoms with Crippen molar-refractivity contribution in [3.05, 3.63) is 17.7 Å². The number of carboxylic acid groups (broad SMARTS) is 1. The number of rotatable bonds is 6. The van der Waals surface area contributed by atoms with Crippen molar-refractivity contribution < 1.29 is 29.0 Å². The monoisotopic (exact) mass is 435 g/mol. The van der Waals surface area contributed by atoms with E-state index < -0.39 is 24.1 Å². The number of ether oxygens (including phenoxy) is 2. The van der Waals surface area contributed by atoms with Gasteiger partial charge in [0.05, 0.1) is 20.0 Å². The Hall–Kier alpha value is -2.58. The van der Waals surface area contributed by atoms with Crippen molar-refractivity contribution in [2.45, 2.75) is 71.5 Å². The van der Waals surface area contributed by atoms with Gasteiger partial charge in [0, 0.05) is 18.3 Å². The van der Waals surface area contributed by atoms with Gasteiger partial charge in [-0.2, -0.15) is 0 Å². The van der Waals surface area contributed by atoms with Crippen molar-refractivity contribution in [3.63, 3.8) is 0 Å². The van der Waals surface area contributed by atoms with E-state index >= 15 is 0 Å². The van der Waals surface area contributed by atoms with E-state index in [4.69, 9.17) is 9.47 Å². The van der Waals surface area contributed by atoms with Crippen LogP contribution in [0, 0.1) is 24.7 Å². The van der Waals surface area contributed by atoms with Crippen LogP contribution in [0.25, 0.3) is 0 Å². The highest BCUT2D eigenvalue weighted by molar-refractivity contribution is 5.88. The molecule has 1 N–H and O–H groups in total. The number of likely N-dealkylation sites (tertiary alicyclic amines) is 1. The first kappa shape index (κ1) is 23.1. The minimum Gasteiger partial charge on any atom is -0.480 e. The Morgan fingerprint density at radius 1 is 1.23 bits per heavy atom. The minimum absolute atomic E-state index is 0.126. The molecule has 1 aromatic heterocycles. The van der Waals surface area contributed by atoms with Gasteiger partial charge in [-0.05, 0) is 63.7 Å². The number of nitrogens with zero attached hydrogens (tertiary/aromatic N) is 3. The number of piperidine rings is 1. The average Bonchev–Trinajstić information content (AvgIpc) is 3.11. The van der Waals surface area contributed by atoms with Crippen LogP contribution in [0.2, 0.25) is 0 Å². The molecule has 1 amide bonds. The highest BCUT2D eigenvalue weighted by atomic mass is 16.5. The third-order valence-electron chi connectivity index (χ3n) is 6.98. The number of fused-ring (bicyclic) bond motifs is 1. The Bertz CT molecular complexity index is 822. The van der Waals surface area contributed by atoms with Gasteiger partial charge in [-0.15, -0.1) is 0 Å². The molecule has 31 heavy (non-hydrogen) atoms. The van der Waals surface area contributed by atoms with Crippen molar-refractivity contribution in [3.8, 4) is 0 Å². The second-order valence-corrected chi connectivity index (χ2v) is 8.60. The maximum absolute atomic E-state index is 12.4. The lowest BCUT2D eigenvalue weighted by Crippen LogP contribution is -2.60. The average molecular weight is 436 g/mol. The lowest BCUT2D eigenvalue weighted by Gasteiger charge is -2.51. The molecule has 2 heterocycles. The van der Waals surface area contributed by atoms with Crippen LogP contribution in [0.3, 0.4) is 0 Å². The van der Waals surface area contributed by atoms with Gasteiger partial charge in [0.15, 0.2) is 5.69 Å². The predicted octanol–water partition coefficient (Wildman–Crippen LogP) is 3.10. The van der Waals surface area contributed by atoms with Crippen LogP contribution in [0.4, 0.5) is 4.79 Å². The van der Waals surface area contributed by atoms with Crippen molar-refractivity contribution in [1.29, 1.82) is 0 Å².